The van der Waals surface area contributed by atoms with Gasteiger partial charge in [0, 0.05) is 20.2 Å². The molecular weight excluding hydrogens is 254 g/mol. The van der Waals surface area contributed by atoms with Gasteiger partial charge >= 0.3 is 11.9 Å². The summed E-state index contributed by atoms with van der Waals surface area (Å²) in [5, 5.41) is 17.4. The zero-order valence-corrected chi connectivity index (χ0v) is 10.7. The van der Waals surface area contributed by atoms with Gasteiger partial charge in [0.1, 0.15) is 5.76 Å². The maximum absolute atomic E-state index is 10.7. The summed E-state index contributed by atoms with van der Waals surface area (Å²) < 4.78 is 10.1. The molecule has 0 aliphatic carbocycles. The molecule has 1 aromatic heterocycles. The highest BCUT2D eigenvalue weighted by Gasteiger charge is 2.13. The lowest BCUT2D eigenvalue weighted by Crippen LogP contribution is -2.29. The fourth-order valence-corrected chi connectivity index (χ4v) is 1.54. The Bertz CT molecular complexity index is 428. The zero-order valence-electron chi connectivity index (χ0n) is 10.7. The number of nitrogens with zero attached hydrogens (tertiary/aromatic N) is 1. The molecule has 0 spiro atoms. The Hall–Kier alpha value is -1.86. The van der Waals surface area contributed by atoms with Gasteiger partial charge in [0.15, 0.2) is 0 Å². The van der Waals surface area contributed by atoms with Gasteiger partial charge in [-0.15, -0.1) is 0 Å². The van der Waals surface area contributed by atoms with Crippen molar-refractivity contribution in [2.75, 3.05) is 26.8 Å². The molecule has 0 aliphatic rings. The van der Waals surface area contributed by atoms with Crippen LogP contribution in [-0.4, -0.2) is 53.9 Å². The van der Waals surface area contributed by atoms with E-state index in [4.69, 9.17) is 19.4 Å². The minimum absolute atomic E-state index is 0.0101. The maximum atomic E-state index is 10.7. The van der Waals surface area contributed by atoms with Gasteiger partial charge in [-0.05, 0) is 12.1 Å². The van der Waals surface area contributed by atoms with Crippen molar-refractivity contribution < 1.29 is 29.0 Å². The summed E-state index contributed by atoms with van der Waals surface area (Å²) in [5.74, 6) is -1.65. The van der Waals surface area contributed by atoms with E-state index in [9.17, 15) is 9.59 Å². The topological polar surface area (TPSA) is 100 Å². The SMILES string of the molecule is COCCN(CCC(=O)O)Cc1ccc(C(=O)O)o1. The highest BCUT2D eigenvalue weighted by molar-refractivity contribution is 5.84. The van der Waals surface area contributed by atoms with E-state index < -0.39 is 11.9 Å². The Kier molecular flexibility index (Phi) is 6.04. The molecule has 7 heteroatoms. The van der Waals surface area contributed by atoms with Crippen LogP contribution in [0.2, 0.25) is 0 Å². The molecule has 0 aromatic carbocycles. The summed E-state index contributed by atoms with van der Waals surface area (Å²) >= 11 is 0. The molecule has 0 radical (unpaired) electrons. The lowest BCUT2D eigenvalue weighted by atomic mass is 10.3. The first-order valence-electron chi connectivity index (χ1n) is 5.78. The molecule has 0 saturated carbocycles. The standard InChI is InChI=1S/C12H17NO6/c1-18-7-6-13(5-4-11(14)15)8-9-2-3-10(19-9)12(16)17/h2-3H,4-8H2,1H3,(H,14,15)(H,16,17). The third-order valence-electron chi connectivity index (χ3n) is 2.51. The van der Waals surface area contributed by atoms with E-state index in [1.54, 1.807) is 13.2 Å². The molecule has 0 aliphatic heterocycles. The largest absolute Gasteiger partial charge is 0.481 e. The number of methoxy groups -OCH3 is 1. The Balaban J connectivity index is 2.58. The summed E-state index contributed by atoms with van der Waals surface area (Å²) in [7, 11) is 1.56. The summed E-state index contributed by atoms with van der Waals surface area (Å²) in [4.78, 5) is 23.1. The van der Waals surface area contributed by atoms with Crippen LogP contribution in [0.15, 0.2) is 16.5 Å². The Morgan fingerprint density at radius 3 is 2.58 bits per heavy atom. The van der Waals surface area contributed by atoms with Crippen molar-refractivity contribution in [3.8, 4) is 0 Å². The zero-order chi connectivity index (χ0) is 14.3. The Labute approximate surface area is 110 Å². The van der Waals surface area contributed by atoms with Crippen molar-refractivity contribution in [2.45, 2.75) is 13.0 Å². The van der Waals surface area contributed by atoms with Crippen LogP contribution in [-0.2, 0) is 16.1 Å². The number of hydrogen-bond acceptors (Lipinski definition) is 5. The van der Waals surface area contributed by atoms with E-state index in [1.807, 2.05) is 4.90 Å². The van der Waals surface area contributed by atoms with Crippen molar-refractivity contribution in [3.05, 3.63) is 23.7 Å². The van der Waals surface area contributed by atoms with E-state index in [2.05, 4.69) is 0 Å². The number of aromatic carboxylic acids is 1. The van der Waals surface area contributed by atoms with Crippen LogP contribution in [0.4, 0.5) is 0 Å². The molecule has 0 fully saturated rings. The Morgan fingerprint density at radius 1 is 1.32 bits per heavy atom. The molecule has 0 saturated heterocycles. The van der Waals surface area contributed by atoms with E-state index in [-0.39, 0.29) is 12.2 Å². The molecule has 0 bridgehead atoms. The highest BCUT2D eigenvalue weighted by Crippen LogP contribution is 2.11. The van der Waals surface area contributed by atoms with Crippen molar-refractivity contribution >= 4 is 11.9 Å². The smallest absolute Gasteiger partial charge is 0.371 e. The molecule has 19 heavy (non-hydrogen) atoms. The van der Waals surface area contributed by atoms with Crippen LogP contribution in [0.25, 0.3) is 0 Å². The number of carboxylic acids is 2. The van der Waals surface area contributed by atoms with E-state index >= 15 is 0 Å². The summed E-state index contributed by atoms with van der Waals surface area (Å²) in [6.45, 7) is 1.71. The third-order valence-corrected chi connectivity index (χ3v) is 2.51. The molecule has 0 atom stereocenters. The lowest BCUT2D eigenvalue weighted by Gasteiger charge is -2.19. The highest BCUT2D eigenvalue weighted by atomic mass is 16.5. The predicted octanol–water partition coefficient (Wildman–Crippen LogP) is 0.901. The molecule has 1 rings (SSSR count). The van der Waals surface area contributed by atoms with Crippen molar-refractivity contribution in [1.82, 2.24) is 4.90 Å². The molecule has 0 amide bonds. The van der Waals surface area contributed by atoms with Gasteiger partial charge in [0.2, 0.25) is 5.76 Å². The van der Waals surface area contributed by atoms with Crippen LogP contribution in [0.1, 0.15) is 22.7 Å². The van der Waals surface area contributed by atoms with Crippen molar-refractivity contribution in [1.29, 1.82) is 0 Å². The minimum Gasteiger partial charge on any atom is -0.481 e. The average Bonchev–Trinajstić information content (AvgIpc) is 2.81. The molecule has 0 unspecified atom stereocenters. The Morgan fingerprint density at radius 2 is 2.05 bits per heavy atom. The van der Waals surface area contributed by atoms with E-state index in [1.165, 1.54) is 6.07 Å². The average molecular weight is 271 g/mol. The monoisotopic (exact) mass is 271 g/mol. The number of ether oxygens (including phenoxy) is 1. The number of furan rings is 1. The van der Waals surface area contributed by atoms with Crippen molar-refractivity contribution in [3.63, 3.8) is 0 Å². The van der Waals surface area contributed by atoms with Crippen LogP contribution in [0.5, 0.6) is 0 Å². The normalized spacial score (nSPS) is 10.8. The quantitative estimate of drug-likeness (QED) is 0.688. The molecular formula is C12H17NO6. The minimum atomic E-state index is -1.12. The second-order valence-corrected chi connectivity index (χ2v) is 3.98. The number of carbonyl (C=O) groups is 2. The molecule has 1 aromatic rings. The first kappa shape index (κ1) is 15.2. The summed E-state index contributed by atoms with van der Waals surface area (Å²) in [5.41, 5.74) is 0. The van der Waals surface area contributed by atoms with E-state index in [0.29, 0.717) is 32.0 Å². The van der Waals surface area contributed by atoms with Crippen LogP contribution < -0.4 is 0 Å². The molecule has 2 N–H and O–H groups in total. The fraction of sp³-hybridized carbons (Fsp3) is 0.500. The van der Waals surface area contributed by atoms with Gasteiger partial charge in [0.25, 0.3) is 0 Å². The van der Waals surface area contributed by atoms with Gasteiger partial charge in [-0.2, -0.15) is 0 Å². The van der Waals surface area contributed by atoms with Crippen molar-refractivity contribution in [2.24, 2.45) is 0 Å². The van der Waals surface area contributed by atoms with Crippen LogP contribution >= 0.6 is 0 Å². The van der Waals surface area contributed by atoms with Gasteiger partial charge in [0.05, 0.1) is 19.6 Å². The van der Waals surface area contributed by atoms with Crippen LogP contribution in [0, 0.1) is 0 Å². The van der Waals surface area contributed by atoms with Gasteiger partial charge < -0.3 is 19.4 Å². The number of rotatable bonds is 9. The molecule has 7 nitrogen and oxygen atoms in total. The van der Waals surface area contributed by atoms with Gasteiger partial charge in [-0.3, -0.25) is 9.69 Å². The van der Waals surface area contributed by atoms with Gasteiger partial charge in [-0.1, -0.05) is 0 Å². The molecule has 106 valence electrons. The summed E-state index contributed by atoms with van der Waals surface area (Å²) in [6.07, 6.45) is 0.0101. The third kappa shape index (κ3) is 5.54. The maximum Gasteiger partial charge on any atom is 0.371 e. The first-order chi connectivity index (χ1) is 9.02. The number of carboxylic acid groups (broad SMARTS) is 2. The second kappa shape index (κ2) is 7.55. The summed E-state index contributed by atoms with van der Waals surface area (Å²) in [6, 6.07) is 2.95. The fourth-order valence-electron chi connectivity index (χ4n) is 1.54. The number of aliphatic carboxylic acids is 1. The first-order valence-corrected chi connectivity index (χ1v) is 5.78. The van der Waals surface area contributed by atoms with Gasteiger partial charge in [-0.25, -0.2) is 4.79 Å². The predicted molar refractivity (Wildman–Crippen MR) is 65.1 cm³/mol. The molecule has 1 heterocycles. The number of hydrogen-bond donors (Lipinski definition) is 2. The van der Waals surface area contributed by atoms with E-state index in [0.717, 1.165) is 0 Å². The lowest BCUT2D eigenvalue weighted by molar-refractivity contribution is -0.137. The second-order valence-electron chi connectivity index (χ2n) is 3.98. The van der Waals surface area contributed by atoms with Crippen LogP contribution in [0.3, 0.4) is 0 Å².